The highest BCUT2D eigenvalue weighted by atomic mass is 79.9. The van der Waals surface area contributed by atoms with Gasteiger partial charge >= 0.3 is 12.2 Å². The van der Waals surface area contributed by atoms with Crippen LogP contribution >= 0.6 is 15.9 Å². The zero-order valence-corrected chi connectivity index (χ0v) is 21.1. The normalized spacial score (nSPS) is 18.7. The quantitative estimate of drug-likeness (QED) is 0.424. The van der Waals surface area contributed by atoms with E-state index in [2.05, 4.69) is 20.9 Å². The zero-order chi connectivity index (χ0) is 27.4. The molecule has 1 aromatic heterocycles. The van der Waals surface area contributed by atoms with E-state index in [1.54, 1.807) is 12.1 Å². The number of aliphatic hydroxyl groups excluding tert-OH is 2. The minimum atomic E-state index is -0.643. The van der Waals surface area contributed by atoms with Gasteiger partial charge in [0.1, 0.15) is 23.8 Å². The first-order valence-corrected chi connectivity index (χ1v) is 12.0. The number of hydrogen-bond acceptors (Lipinski definition) is 7. The number of carbonyl (C=O) groups is 2. The first-order valence-electron chi connectivity index (χ1n) is 11.2. The van der Waals surface area contributed by atoms with Gasteiger partial charge in [0.05, 0.1) is 42.2 Å². The van der Waals surface area contributed by atoms with E-state index >= 15 is 0 Å². The number of pyridine rings is 1. The van der Waals surface area contributed by atoms with Crippen LogP contribution in [0.1, 0.15) is 0 Å². The van der Waals surface area contributed by atoms with Gasteiger partial charge in [-0.15, -0.1) is 0 Å². The van der Waals surface area contributed by atoms with Crippen LogP contribution in [0.15, 0.2) is 59.2 Å². The number of rotatable bonds is 5. The smallest absolute Gasteiger partial charge is 0.414 e. The molecular formula is C25H21BrF3N3O6. The first kappa shape index (κ1) is 27.4. The molecule has 9 nitrogen and oxygen atoms in total. The number of anilines is 2. The highest BCUT2D eigenvalue weighted by molar-refractivity contribution is 9.10. The molecule has 2 aromatic carbocycles. The zero-order valence-electron chi connectivity index (χ0n) is 19.6. The summed E-state index contributed by atoms with van der Waals surface area (Å²) < 4.78 is 50.4. The molecule has 2 fully saturated rings. The third-order valence-corrected chi connectivity index (χ3v) is 6.32. The van der Waals surface area contributed by atoms with Crippen molar-refractivity contribution in [3.63, 3.8) is 0 Å². The lowest BCUT2D eigenvalue weighted by molar-refractivity contribution is 0.0960. The van der Waals surface area contributed by atoms with Gasteiger partial charge in [0.15, 0.2) is 0 Å². The maximum absolute atomic E-state index is 14.2. The Kier molecular flexibility index (Phi) is 8.49. The van der Waals surface area contributed by atoms with E-state index in [9.17, 15) is 22.8 Å². The third-order valence-electron chi connectivity index (χ3n) is 5.67. The predicted molar refractivity (Wildman–Crippen MR) is 133 cm³/mol. The fourth-order valence-corrected chi connectivity index (χ4v) is 4.00. The second kappa shape index (κ2) is 11.8. The molecule has 3 heterocycles. The van der Waals surface area contributed by atoms with Crippen molar-refractivity contribution in [3.8, 4) is 11.1 Å². The van der Waals surface area contributed by atoms with Gasteiger partial charge in [-0.1, -0.05) is 0 Å². The number of aromatic nitrogens is 1. The number of nitrogens with zero attached hydrogens (tertiary/aromatic N) is 3. The summed E-state index contributed by atoms with van der Waals surface area (Å²) in [4.78, 5) is 29.1. The van der Waals surface area contributed by atoms with E-state index in [4.69, 9.17) is 19.7 Å². The second-order valence-electron chi connectivity index (χ2n) is 8.23. The third kappa shape index (κ3) is 6.06. The van der Waals surface area contributed by atoms with Crippen LogP contribution in [0.25, 0.3) is 11.1 Å². The average Bonchev–Trinajstić information content (AvgIpc) is 3.48. The van der Waals surface area contributed by atoms with Crippen molar-refractivity contribution in [2.45, 2.75) is 12.2 Å². The molecule has 5 rings (SSSR count). The van der Waals surface area contributed by atoms with Crippen molar-refractivity contribution in [2.24, 2.45) is 0 Å². The molecule has 2 N–H and O–H groups in total. The van der Waals surface area contributed by atoms with Gasteiger partial charge in [-0.3, -0.25) is 9.80 Å². The molecule has 2 amide bonds. The van der Waals surface area contributed by atoms with Crippen LogP contribution in [-0.2, 0) is 9.47 Å². The second-order valence-corrected chi connectivity index (χ2v) is 9.08. The standard InChI is InChI=1S/C15H12F2N2O3.C10H9BrFNO3/c16-13-5-10(19-7-11(8-20)22-15(19)21)2-3-12(13)9-1-4-14(17)18-6-9;11-8-2-1-6(3-9(8)12)13-4-7(5-14)16-10(13)15/h1-6,11,20H,7-8H2;1-3,7,14H,4-5H2/t11-;7-/m11/s1. The van der Waals surface area contributed by atoms with Gasteiger partial charge in [0, 0.05) is 17.3 Å². The summed E-state index contributed by atoms with van der Waals surface area (Å²) in [5.41, 5.74) is 1.43. The Morgan fingerprint density at radius 3 is 1.84 bits per heavy atom. The van der Waals surface area contributed by atoms with Crippen molar-refractivity contribution >= 4 is 39.5 Å². The lowest BCUT2D eigenvalue weighted by Gasteiger charge is -2.14. The van der Waals surface area contributed by atoms with Crippen molar-refractivity contribution in [1.82, 2.24) is 4.98 Å². The summed E-state index contributed by atoms with van der Waals surface area (Å²) in [5, 5.41) is 17.9. The van der Waals surface area contributed by atoms with Gasteiger partial charge in [-0.2, -0.15) is 4.39 Å². The minimum absolute atomic E-state index is 0.159. The highest BCUT2D eigenvalue weighted by Gasteiger charge is 2.33. The van der Waals surface area contributed by atoms with Crippen LogP contribution in [0.5, 0.6) is 0 Å². The number of halogens is 4. The lowest BCUT2D eigenvalue weighted by Crippen LogP contribution is -2.25. The first-order chi connectivity index (χ1) is 18.2. The number of hydrogen-bond donors (Lipinski definition) is 2. The van der Waals surface area contributed by atoms with E-state index in [0.717, 1.165) is 6.07 Å². The van der Waals surface area contributed by atoms with Gasteiger partial charge < -0.3 is 19.7 Å². The van der Waals surface area contributed by atoms with Crippen LogP contribution in [0.2, 0.25) is 0 Å². The maximum atomic E-state index is 14.2. The SMILES string of the molecule is O=C1O[C@@H](CO)CN1c1ccc(-c2ccc(F)nc2)c(F)c1.O=C1O[C@@H](CO)CN1c1ccc(Br)c(F)c1. The molecular weight excluding hydrogens is 575 g/mol. The molecule has 200 valence electrons. The fourth-order valence-electron chi connectivity index (χ4n) is 3.75. The maximum Gasteiger partial charge on any atom is 0.414 e. The lowest BCUT2D eigenvalue weighted by atomic mass is 10.1. The summed E-state index contributed by atoms with van der Waals surface area (Å²) in [6.07, 6.45) is -1.12. The van der Waals surface area contributed by atoms with Crippen molar-refractivity contribution < 1.29 is 42.4 Å². The predicted octanol–water partition coefficient (Wildman–Crippen LogP) is 4.25. The molecule has 0 aliphatic carbocycles. The van der Waals surface area contributed by atoms with Crippen molar-refractivity contribution in [3.05, 3.63) is 76.8 Å². The summed E-state index contributed by atoms with van der Waals surface area (Å²) in [5.74, 6) is -1.65. The Balaban J connectivity index is 0.000000186. The molecule has 2 aliphatic rings. The van der Waals surface area contributed by atoms with Crippen LogP contribution in [-0.4, -0.2) is 65.9 Å². The highest BCUT2D eigenvalue weighted by Crippen LogP contribution is 2.29. The molecule has 2 aliphatic heterocycles. The molecule has 0 saturated carbocycles. The van der Waals surface area contributed by atoms with Gasteiger partial charge in [-0.25, -0.2) is 23.4 Å². The molecule has 0 spiro atoms. The summed E-state index contributed by atoms with van der Waals surface area (Å²) in [6, 6.07) is 11.2. The molecule has 2 atom stereocenters. The van der Waals surface area contributed by atoms with E-state index < -0.39 is 42.0 Å². The Hall–Kier alpha value is -3.68. The van der Waals surface area contributed by atoms with E-state index in [0.29, 0.717) is 21.4 Å². The average molecular weight is 596 g/mol. The summed E-state index contributed by atoms with van der Waals surface area (Å²) >= 11 is 3.03. The molecule has 0 unspecified atom stereocenters. The van der Waals surface area contributed by atoms with Crippen LogP contribution in [0.3, 0.4) is 0 Å². The van der Waals surface area contributed by atoms with Gasteiger partial charge in [0.2, 0.25) is 5.95 Å². The fraction of sp³-hybridized carbons (Fsp3) is 0.240. The van der Waals surface area contributed by atoms with Crippen molar-refractivity contribution in [1.29, 1.82) is 0 Å². The summed E-state index contributed by atoms with van der Waals surface area (Å²) in [7, 11) is 0. The van der Waals surface area contributed by atoms with Crippen LogP contribution in [0, 0.1) is 17.6 Å². The van der Waals surface area contributed by atoms with Gasteiger partial charge in [-0.05, 0) is 64.5 Å². The largest absolute Gasteiger partial charge is 0.441 e. The number of cyclic esters (lactones) is 2. The molecule has 3 aromatic rings. The minimum Gasteiger partial charge on any atom is -0.441 e. The number of aliphatic hydroxyl groups is 2. The number of benzene rings is 2. The number of carbonyl (C=O) groups excluding carboxylic acids is 2. The van der Waals surface area contributed by atoms with Gasteiger partial charge in [0.25, 0.3) is 0 Å². The van der Waals surface area contributed by atoms with Crippen LogP contribution in [0.4, 0.5) is 34.1 Å². The Labute approximate surface area is 223 Å². The molecule has 13 heteroatoms. The van der Waals surface area contributed by atoms with E-state index in [1.807, 2.05) is 0 Å². The monoisotopic (exact) mass is 595 g/mol. The molecule has 0 bridgehead atoms. The Bertz CT molecular complexity index is 1330. The summed E-state index contributed by atoms with van der Waals surface area (Å²) in [6.45, 7) is -0.131. The number of ether oxygens (including phenoxy) is 2. The number of amides is 2. The molecule has 2 saturated heterocycles. The van der Waals surface area contributed by atoms with E-state index in [-0.39, 0.29) is 31.9 Å². The van der Waals surface area contributed by atoms with E-state index in [1.165, 1.54) is 46.3 Å². The Morgan fingerprint density at radius 2 is 1.39 bits per heavy atom. The van der Waals surface area contributed by atoms with Crippen molar-refractivity contribution in [2.75, 3.05) is 36.1 Å². The van der Waals surface area contributed by atoms with Crippen LogP contribution < -0.4 is 9.80 Å². The molecule has 38 heavy (non-hydrogen) atoms. The topological polar surface area (TPSA) is 112 Å². The Morgan fingerprint density at radius 1 is 0.842 bits per heavy atom. The molecule has 0 radical (unpaired) electrons.